The predicted octanol–water partition coefficient (Wildman–Crippen LogP) is 2.07. The molecule has 0 aliphatic rings. The standard InChI is InChI=1S/C9H8N2OS/c12-7-3-1-6(2-4-7)8-5-10-9(13)11-8/h1-5,12H,(H2,10,11,13). The van der Waals surface area contributed by atoms with Crippen molar-refractivity contribution >= 4 is 12.6 Å². The van der Waals surface area contributed by atoms with Crippen molar-refractivity contribution < 1.29 is 5.11 Å². The molecule has 0 saturated carbocycles. The lowest BCUT2D eigenvalue weighted by Gasteiger charge is -1.96. The molecule has 2 rings (SSSR count). The number of thiol groups is 1. The third kappa shape index (κ3) is 1.67. The fourth-order valence-corrected chi connectivity index (χ4v) is 1.28. The normalized spacial score (nSPS) is 10.2. The summed E-state index contributed by atoms with van der Waals surface area (Å²) in [6, 6.07) is 6.90. The lowest BCUT2D eigenvalue weighted by Crippen LogP contribution is -1.75. The van der Waals surface area contributed by atoms with Crippen LogP contribution in [-0.2, 0) is 0 Å². The maximum absolute atomic E-state index is 9.07. The van der Waals surface area contributed by atoms with Gasteiger partial charge in [-0.25, -0.2) is 4.98 Å². The number of rotatable bonds is 1. The van der Waals surface area contributed by atoms with Crippen molar-refractivity contribution in [2.24, 2.45) is 0 Å². The van der Waals surface area contributed by atoms with Gasteiger partial charge in [-0.1, -0.05) is 0 Å². The van der Waals surface area contributed by atoms with E-state index in [1.54, 1.807) is 18.3 Å². The van der Waals surface area contributed by atoms with Gasteiger partial charge in [0.25, 0.3) is 0 Å². The number of H-pyrrole nitrogens is 1. The molecule has 0 atom stereocenters. The number of hydrogen-bond donors (Lipinski definition) is 3. The molecule has 0 unspecified atom stereocenters. The van der Waals surface area contributed by atoms with Gasteiger partial charge in [-0.05, 0) is 29.8 Å². The Balaban J connectivity index is 2.41. The number of nitrogens with one attached hydrogen (secondary N) is 1. The van der Waals surface area contributed by atoms with Gasteiger partial charge in [0.2, 0.25) is 0 Å². The van der Waals surface area contributed by atoms with Gasteiger partial charge in [0.05, 0.1) is 11.9 Å². The number of aromatic hydroxyl groups is 1. The second kappa shape index (κ2) is 3.14. The quantitative estimate of drug-likeness (QED) is 0.606. The summed E-state index contributed by atoms with van der Waals surface area (Å²) in [4.78, 5) is 6.94. The summed E-state index contributed by atoms with van der Waals surface area (Å²) < 4.78 is 0. The van der Waals surface area contributed by atoms with E-state index in [9.17, 15) is 0 Å². The van der Waals surface area contributed by atoms with Crippen molar-refractivity contribution in [1.82, 2.24) is 9.97 Å². The second-order valence-electron chi connectivity index (χ2n) is 2.67. The van der Waals surface area contributed by atoms with Crippen molar-refractivity contribution in [2.45, 2.75) is 5.16 Å². The van der Waals surface area contributed by atoms with Gasteiger partial charge >= 0.3 is 0 Å². The van der Waals surface area contributed by atoms with Gasteiger partial charge < -0.3 is 10.1 Å². The average molecular weight is 192 g/mol. The summed E-state index contributed by atoms with van der Waals surface area (Å²) in [7, 11) is 0. The predicted molar refractivity (Wildman–Crippen MR) is 52.9 cm³/mol. The van der Waals surface area contributed by atoms with Crippen LogP contribution in [0.15, 0.2) is 35.6 Å². The molecule has 0 aliphatic heterocycles. The molecule has 4 heteroatoms. The number of imidazole rings is 1. The molecule has 2 N–H and O–H groups in total. The molecule has 0 bridgehead atoms. The first-order chi connectivity index (χ1) is 6.25. The largest absolute Gasteiger partial charge is 0.508 e. The molecular formula is C9H8N2OS. The Labute approximate surface area is 80.9 Å². The minimum absolute atomic E-state index is 0.259. The molecule has 0 saturated heterocycles. The van der Waals surface area contributed by atoms with E-state index < -0.39 is 0 Å². The molecule has 2 aromatic rings. The maximum atomic E-state index is 9.07. The molecule has 0 amide bonds. The Hall–Kier alpha value is -1.42. The highest BCUT2D eigenvalue weighted by atomic mass is 32.1. The Bertz CT molecular complexity index is 408. The fraction of sp³-hybridized carbons (Fsp3) is 0. The van der Waals surface area contributed by atoms with Crippen molar-refractivity contribution in [3.8, 4) is 17.0 Å². The van der Waals surface area contributed by atoms with Crippen LogP contribution in [0.5, 0.6) is 5.75 Å². The van der Waals surface area contributed by atoms with Crippen molar-refractivity contribution in [2.75, 3.05) is 0 Å². The highest BCUT2D eigenvalue weighted by molar-refractivity contribution is 7.80. The summed E-state index contributed by atoms with van der Waals surface area (Å²) in [5.41, 5.74) is 1.87. The Morgan fingerprint density at radius 3 is 2.46 bits per heavy atom. The van der Waals surface area contributed by atoms with Crippen molar-refractivity contribution in [3.05, 3.63) is 30.5 Å². The highest BCUT2D eigenvalue weighted by Crippen LogP contribution is 2.20. The second-order valence-corrected chi connectivity index (χ2v) is 3.09. The van der Waals surface area contributed by atoms with Crippen LogP contribution in [0.1, 0.15) is 0 Å². The van der Waals surface area contributed by atoms with Gasteiger partial charge in [0.15, 0.2) is 5.16 Å². The smallest absolute Gasteiger partial charge is 0.162 e. The summed E-state index contributed by atoms with van der Waals surface area (Å²) in [6.07, 6.45) is 1.70. The summed E-state index contributed by atoms with van der Waals surface area (Å²) in [5, 5.41) is 9.65. The van der Waals surface area contributed by atoms with E-state index in [0.717, 1.165) is 11.3 Å². The first-order valence-corrected chi connectivity index (χ1v) is 4.24. The van der Waals surface area contributed by atoms with E-state index >= 15 is 0 Å². The summed E-state index contributed by atoms with van der Waals surface area (Å²) in [6.45, 7) is 0. The zero-order chi connectivity index (χ0) is 9.26. The van der Waals surface area contributed by atoms with E-state index in [2.05, 4.69) is 22.6 Å². The molecular weight excluding hydrogens is 184 g/mol. The zero-order valence-electron chi connectivity index (χ0n) is 6.73. The monoisotopic (exact) mass is 192 g/mol. The number of aromatic nitrogens is 2. The Morgan fingerprint density at radius 1 is 1.23 bits per heavy atom. The van der Waals surface area contributed by atoms with Gasteiger partial charge in [0.1, 0.15) is 5.75 Å². The molecule has 66 valence electrons. The van der Waals surface area contributed by atoms with Gasteiger partial charge in [-0.15, -0.1) is 12.6 Å². The lowest BCUT2D eigenvalue weighted by atomic mass is 10.2. The molecule has 13 heavy (non-hydrogen) atoms. The number of hydrogen-bond acceptors (Lipinski definition) is 3. The lowest BCUT2D eigenvalue weighted by molar-refractivity contribution is 0.475. The molecule has 3 nitrogen and oxygen atoms in total. The van der Waals surface area contributed by atoms with Crippen LogP contribution >= 0.6 is 12.6 Å². The van der Waals surface area contributed by atoms with Crippen LogP contribution in [-0.4, -0.2) is 15.1 Å². The number of benzene rings is 1. The number of phenols is 1. The van der Waals surface area contributed by atoms with Crippen LogP contribution in [0.4, 0.5) is 0 Å². The van der Waals surface area contributed by atoms with Crippen molar-refractivity contribution in [1.29, 1.82) is 0 Å². The third-order valence-electron chi connectivity index (χ3n) is 1.74. The van der Waals surface area contributed by atoms with E-state index in [4.69, 9.17) is 5.11 Å². The Kier molecular flexibility index (Phi) is 1.98. The summed E-state index contributed by atoms with van der Waals surface area (Å²) >= 11 is 4.06. The number of aromatic amines is 1. The van der Waals surface area contributed by atoms with Crippen molar-refractivity contribution in [3.63, 3.8) is 0 Å². The average Bonchev–Trinajstić information content (AvgIpc) is 2.53. The van der Waals surface area contributed by atoms with E-state index in [1.807, 2.05) is 12.1 Å². The molecule has 1 aromatic heterocycles. The number of phenolic OH excluding ortho intramolecular Hbond substituents is 1. The van der Waals surface area contributed by atoms with Gasteiger partial charge in [-0.3, -0.25) is 0 Å². The van der Waals surface area contributed by atoms with Crippen LogP contribution in [0.3, 0.4) is 0 Å². The highest BCUT2D eigenvalue weighted by Gasteiger charge is 1.99. The molecule has 1 aromatic carbocycles. The first kappa shape index (κ1) is 8.19. The van der Waals surface area contributed by atoms with E-state index in [0.29, 0.717) is 5.16 Å². The Morgan fingerprint density at radius 2 is 1.92 bits per heavy atom. The van der Waals surface area contributed by atoms with Gasteiger partial charge in [-0.2, -0.15) is 0 Å². The molecule has 0 radical (unpaired) electrons. The van der Waals surface area contributed by atoms with Crippen LogP contribution in [0, 0.1) is 0 Å². The van der Waals surface area contributed by atoms with E-state index in [1.165, 1.54) is 0 Å². The fourth-order valence-electron chi connectivity index (χ4n) is 1.10. The molecule has 1 heterocycles. The molecule has 0 fully saturated rings. The molecule has 0 spiro atoms. The zero-order valence-corrected chi connectivity index (χ0v) is 7.62. The summed E-state index contributed by atoms with van der Waals surface area (Å²) in [5.74, 6) is 0.259. The maximum Gasteiger partial charge on any atom is 0.162 e. The SMILES string of the molecule is Oc1ccc(-c2cnc(S)[nH]2)cc1. The minimum Gasteiger partial charge on any atom is -0.508 e. The van der Waals surface area contributed by atoms with Crippen LogP contribution in [0.25, 0.3) is 11.3 Å². The third-order valence-corrected chi connectivity index (χ3v) is 1.97. The molecule has 0 aliphatic carbocycles. The number of nitrogens with zero attached hydrogens (tertiary/aromatic N) is 1. The van der Waals surface area contributed by atoms with E-state index in [-0.39, 0.29) is 5.75 Å². The topological polar surface area (TPSA) is 48.9 Å². The van der Waals surface area contributed by atoms with Gasteiger partial charge in [0, 0.05) is 0 Å². The first-order valence-electron chi connectivity index (χ1n) is 3.79. The van der Waals surface area contributed by atoms with Crippen LogP contribution < -0.4 is 0 Å². The van der Waals surface area contributed by atoms with Crippen LogP contribution in [0.2, 0.25) is 0 Å². The minimum atomic E-state index is 0.259.